The molecular weight excluding hydrogens is 332 g/mol. The maximum atomic E-state index is 12.1. The van der Waals surface area contributed by atoms with Crippen LogP contribution in [0.2, 0.25) is 0 Å². The van der Waals surface area contributed by atoms with Crippen LogP contribution in [0.25, 0.3) is 0 Å². The molecule has 4 N–H and O–H groups in total. The van der Waals surface area contributed by atoms with Crippen molar-refractivity contribution in [3.8, 4) is 0 Å². The lowest BCUT2D eigenvalue weighted by Gasteiger charge is -2.12. The van der Waals surface area contributed by atoms with E-state index in [0.717, 1.165) is 22.3 Å². The second-order valence-electron chi connectivity index (χ2n) is 6.21. The summed E-state index contributed by atoms with van der Waals surface area (Å²) in [7, 11) is 0. The van der Waals surface area contributed by atoms with Crippen molar-refractivity contribution in [3.63, 3.8) is 0 Å². The molecule has 6 heteroatoms. The molecule has 0 aliphatic rings. The van der Waals surface area contributed by atoms with E-state index in [4.69, 9.17) is 20.9 Å². The molecule has 0 saturated heterocycles. The van der Waals surface area contributed by atoms with Gasteiger partial charge in [0.2, 0.25) is 0 Å². The van der Waals surface area contributed by atoms with Gasteiger partial charge in [-0.15, -0.1) is 0 Å². The van der Waals surface area contributed by atoms with Crippen molar-refractivity contribution in [2.24, 2.45) is 0 Å². The van der Waals surface area contributed by atoms with Crippen LogP contribution in [0, 0.1) is 27.7 Å². The largest absolute Gasteiger partial charge is 0.458 e. The summed E-state index contributed by atoms with van der Waals surface area (Å²) in [5, 5.41) is 0. The first-order chi connectivity index (χ1) is 12.2. The summed E-state index contributed by atoms with van der Waals surface area (Å²) in [6.45, 7) is 7.38. The lowest BCUT2D eigenvalue weighted by molar-refractivity contribution is 0.0267. The molecule has 0 aromatic heterocycles. The molecule has 2 rings (SSSR count). The first-order valence-corrected chi connectivity index (χ1v) is 8.29. The summed E-state index contributed by atoms with van der Waals surface area (Å²) in [4.78, 5) is 24.2. The van der Waals surface area contributed by atoms with Crippen LogP contribution in [-0.2, 0) is 9.47 Å². The highest BCUT2D eigenvalue weighted by molar-refractivity contribution is 5.97. The average Bonchev–Trinajstić information content (AvgIpc) is 2.61. The topological polar surface area (TPSA) is 105 Å². The van der Waals surface area contributed by atoms with Gasteiger partial charge in [-0.25, -0.2) is 9.59 Å². The van der Waals surface area contributed by atoms with Crippen LogP contribution in [0.4, 0.5) is 11.4 Å². The number of carbonyl (C=O) groups is 2. The fourth-order valence-corrected chi connectivity index (χ4v) is 2.46. The van der Waals surface area contributed by atoms with E-state index in [-0.39, 0.29) is 13.2 Å². The third-order valence-electron chi connectivity index (χ3n) is 4.56. The minimum Gasteiger partial charge on any atom is -0.458 e. The first kappa shape index (κ1) is 19.3. The van der Waals surface area contributed by atoms with Gasteiger partial charge in [-0.2, -0.15) is 0 Å². The number of ether oxygens (including phenoxy) is 2. The first-order valence-electron chi connectivity index (χ1n) is 8.29. The number of nitrogen functional groups attached to an aromatic ring is 2. The molecule has 2 aromatic rings. The van der Waals surface area contributed by atoms with E-state index in [1.54, 1.807) is 12.1 Å². The van der Waals surface area contributed by atoms with Crippen LogP contribution in [-0.4, -0.2) is 25.2 Å². The highest BCUT2D eigenvalue weighted by Gasteiger charge is 2.16. The van der Waals surface area contributed by atoms with Gasteiger partial charge < -0.3 is 20.9 Å². The molecule has 0 heterocycles. The Balaban J connectivity index is 1.91. The van der Waals surface area contributed by atoms with Crippen LogP contribution < -0.4 is 11.5 Å². The van der Waals surface area contributed by atoms with Gasteiger partial charge in [0.25, 0.3) is 0 Å². The Bertz CT molecular complexity index is 788. The van der Waals surface area contributed by atoms with Crippen LogP contribution in [0.15, 0.2) is 24.3 Å². The lowest BCUT2D eigenvalue weighted by Crippen LogP contribution is -2.16. The SMILES string of the molecule is Cc1ccc(C(=O)OCCOC(=O)c2ccc(C)c(C)c2N)c(N)c1C. The molecule has 6 nitrogen and oxygen atoms in total. The molecular formula is C20H24N2O4. The number of rotatable bonds is 5. The maximum absolute atomic E-state index is 12.1. The minimum absolute atomic E-state index is 0.0678. The van der Waals surface area contributed by atoms with E-state index >= 15 is 0 Å². The predicted octanol–water partition coefficient (Wildman–Crippen LogP) is 3.10. The van der Waals surface area contributed by atoms with Crippen LogP contribution >= 0.6 is 0 Å². The van der Waals surface area contributed by atoms with Gasteiger partial charge in [0, 0.05) is 11.4 Å². The van der Waals surface area contributed by atoms with Crippen molar-refractivity contribution in [1.29, 1.82) is 0 Å². The standard InChI is InChI=1S/C20H24N2O4/c1-11-5-7-15(17(21)13(11)3)19(23)25-9-10-26-20(24)16-8-6-12(2)14(4)18(16)22/h5-8H,9-10,21-22H2,1-4H3. The van der Waals surface area contributed by atoms with Gasteiger partial charge >= 0.3 is 11.9 Å². The van der Waals surface area contributed by atoms with E-state index in [0.29, 0.717) is 22.5 Å². The highest BCUT2D eigenvalue weighted by atomic mass is 16.6. The van der Waals surface area contributed by atoms with Gasteiger partial charge in [-0.3, -0.25) is 0 Å². The third-order valence-corrected chi connectivity index (χ3v) is 4.56. The van der Waals surface area contributed by atoms with Crippen molar-refractivity contribution in [1.82, 2.24) is 0 Å². The van der Waals surface area contributed by atoms with Crippen molar-refractivity contribution in [2.45, 2.75) is 27.7 Å². The Kier molecular flexibility index (Phi) is 5.87. The summed E-state index contributed by atoms with van der Waals surface area (Å²) in [5.41, 5.74) is 17.0. The second-order valence-corrected chi connectivity index (χ2v) is 6.21. The number of anilines is 2. The van der Waals surface area contributed by atoms with Crippen LogP contribution in [0.3, 0.4) is 0 Å². The number of esters is 2. The van der Waals surface area contributed by atoms with Crippen LogP contribution in [0.1, 0.15) is 43.0 Å². The Morgan fingerprint density at radius 3 is 1.42 bits per heavy atom. The number of hydrogen-bond acceptors (Lipinski definition) is 6. The normalized spacial score (nSPS) is 10.5. The summed E-state index contributed by atoms with van der Waals surface area (Å²) in [6, 6.07) is 6.87. The van der Waals surface area contributed by atoms with Gasteiger partial charge in [-0.05, 0) is 62.1 Å². The molecule has 0 radical (unpaired) electrons. The van der Waals surface area contributed by atoms with E-state index in [9.17, 15) is 9.59 Å². The van der Waals surface area contributed by atoms with Crippen LogP contribution in [0.5, 0.6) is 0 Å². The van der Waals surface area contributed by atoms with Gasteiger partial charge in [0.05, 0.1) is 11.1 Å². The Morgan fingerprint density at radius 2 is 1.08 bits per heavy atom. The average molecular weight is 356 g/mol. The van der Waals surface area contributed by atoms with Gasteiger partial charge in [0.1, 0.15) is 13.2 Å². The molecule has 26 heavy (non-hydrogen) atoms. The fourth-order valence-electron chi connectivity index (χ4n) is 2.46. The van der Waals surface area contributed by atoms with Crippen molar-refractivity contribution < 1.29 is 19.1 Å². The smallest absolute Gasteiger partial charge is 0.340 e. The quantitative estimate of drug-likeness (QED) is 0.484. The molecule has 0 saturated carbocycles. The van der Waals surface area contributed by atoms with Crippen molar-refractivity contribution >= 4 is 23.3 Å². The van der Waals surface area contributed by atoms with E-state index in [1.165, 1.54) is 0 Å². The number of aryl methyl sites for hydroxylation is 2. The van der Waals surface area contributed by atoms with E-state index in [2.05, 4.69) is 0 Å². The Hall–Kier alpha value is -3.02. The zero-order chi connectivity index (χ0) is 19.4. The zero-order valence-corrected chi connectivity index (χ0v) is 15.5. The summed E-state index contributed by atoms with van der Waals surface area (Å²) < 4.78 is 10.3. The van der Waals surface area contributed by atoms with E-state index in [1.807, 2.05) is 39.8 Å². The maximum Gasteiger partial charge on any atom is 0.340 e. The molecule has 0 aliphatic heterocycles. The number of benzene rings is 2. The highest BCUT2D eigenvalue weighted by Crippen LogP contribution is 2.22. The molecule has 0 aliphatic carbocycles. The van der Waals surface area contributed by atoms with Crippen molar-refractivity contribution in [2.75, 3.05) is 24.7 Å². The fraction of sp³-hybridized carbons (Fsp3) is 0.300. The van der Waals surface area contributed by atoms with E-state index < -0.39 is 11.9 Å². The number of nitrogens with two attached hydrogens (primary N) is 2. The molecule has 2 aromatic carbocycles. The molecule has 0 amide bonds. The van der Waals surface area contributed by atoms with Gasteiger partial charge in [0.15, 0.2) is 0 Å². The third kappa shape index (κ3) is 3.96. The number of carbonyl (C=O) groups excluding carboxylic acids is 2. The molecule has 0 bridgehead atoms. The van der Waals surface area contributed by atoms with Gasteiger partial charge in [-0.1, -0.05) is 12.1 Å². The second kappa shape index (κ2) is 7.91. The molecule has 138 valence electrons. The summed E-state index contributed by atoms with van der Waals surface area (Å²) in [6.07, 6.45) is 0. The lowest BCUT2D eigenvalue weighted by atomic mass is 10.0. The summed E-state index contributed by atoms with van der Waals surface area (Å²) in [5.74, 6) is -1.10. The Morgan fingerprint density at radius 1 is 0.731 bits per heavy atom. The predicted molar refractivity (Wildman–Crippen MR) is 101 cm³/mol. The molecule has 0 fully saturated rings. The molecule has 0 unspecified atom stereocenters. The zero-order valence-electron chi connectivity index (χ0n) is 15.5. The number of hydrogen-bond donors (Lipinski definition) is 2. The molecule has 0 spiro atoms. The minimum atomic E-state index is -0.549. The Labute approximate surface area is 153 Å². The molecule has 0 atom stereocenters. The summed E-state index contributed by atoms with van der Waals surface area (Å²) >= 11 is 0. The van der Waals surface area contributed by atoms with Crippen molar-refractivity contribution in [3.05, 3.63) is 57.6 Å². The monoisotopic (exact) mass is 356 g/mol.